The zero-order valence-electron chi connectivity index (χ0n) is 12.5. The van der Waals surface area contributed by atoms with E-state index in [2.05, 4.69) is 29.8 Å². The first kappa shape index (κ1) is 13.4. The third-order valence-corrected chi connectivity index (χ3v) is 4.29. The van der Waals surface area contributed by atoms with Crippen LogP contribution in [0.5, 0.6) is 5.75 Å². The number of nitrogens with one attached hydrogen (secondary N) is 1. The summed E-state index contributed by atoms with van der Waals surface area (Å²) in [7, 11) is 1.70. The molecule has 2 unspecified atom stereocenters. The predicted molar refractivity (Wildman–Crippen MR) is 81.4 cm³/mol. The number of ether oxygens (including phenoxy) is 1. The summed E-state index contributed by atoms with van der Waals surface area (Å²) in [6, 6.07) is 6.76. The van der Waals surface area contributed by atoms with Crippen LogP contribution in [0.2, 0.25) is 0 Å². The van der Waals surface area contributed by atoms with Gasteiger partial charge >= 0.3 is 0 Å². The van der Waals surface area contributed by atoms with E-state index in [9.17, 15) is 0 Å². The first-order valence-corrected chi connectivity index (χ1v) is 7.50. The van der Waals surface area contributed by atoms with Gasteiger partial charge in [0.05, 0.1) is 18.1 Å². The lowest BCUT2D eigenvalue weighted by Gasteiger charge is -2.27. The van der Waals surface area contributed by atoms with Crippen LogP contribution >= 0.6 is 0 Å². The van der Waals surface area contributed by atoms with Crippen molar-refractivity contribution in [3.05, 3.63) is 24.0 Å². The summed E-state index contributed by atoms with van der Waals surface area (Å²) < 4.78 is 7.67. The summed E-state index contributed by atoms with van der Waals surface area (Å²) in [5.74, 6) is 2.68. The molecule has 0 bridgehead atoms. The van der Waals surface area contributed by atoms with Crippen molar-refractivity contribution in [2.75, 3.05) is 13.7 Å². The summed E-state index contributed by atoms with van der Waals surface area (Å²) in [4.78, 5) is 4.91. The Balaban J connectivity index is 2.05. The molecule has 0 radical (unpaired) electrons. The Labute approximate surface area is 120 Å². The number of benzene rings is 1. The van der Waals surface area contributed by atoms with Crippen molar-refractivity contribution in [2.24, 2.45) is 0 Å². The van der Waals surface area contributed by atoms with E-state index in [-0.39, 0.29) is 0 Å². The number of fused-ring (bicyclic) bond motifs is 1. The Kier molecular flexibility index (Phi) is 3.66. The Bertz CT molecular complexity index is 605. The number of aromatic nitrogens is 2. The summed E-state index contributed by atoms with van der Waals surface area (Å²) >= 11 is 0. The highest BCUT2D eigenvalue weighted by Crippen LogP contribution is 2.31. The number of aryl methyl sites for hydroxylation is 1. The largest absolute Gasteiger partial charge is 0.497 e. The third kappa shape index (κ3) is 2.29. The minimum absolute atomic E-state index is 0.560. The van der Waals surface area contributed by atoms with Gasteiger partial charge in [-0.3, -0.25) is 0 Å². The molecular weight excluding hydrogens is 250 g/mol. The Hall–Kier alpha value is -1.55. The molecule has 1 fully saturated rings. The molecule has 4 nitrogen and oxygen atoms in total. The van der Waals surface area contributed by atoms with E-state index in [4.69, 9.17) is 9.72 Å². The van der Waals surface area contributed by atoms with Crippen molar-refractivity contribution in [2.45, 2.75) is 45.2 Å². The van der Waals surface area contributed by atoms with Crippen molar-refractivity contribution in [3.8, 4) is 5.75 Å². The van der Waals surface area contributed by atoms with Gasteiger partial charge in [0, 0.05) is 24.6 Å². The molecule has 0 saturated carbocycles. The lowest BCUT2D eigenvalue weighted by atomic mass is 9.92. The Morgan fingerprint density at radius 1 is 1.45 bits per heavy atom. The number of methoxy groups -OCH3 is 1. The van der Waals surface area contributed by atoms with Crippen molar-refractivity contribution >= 4 is 11.0 Å². The molecule has 1 N–H and O–H groups in total. The van der Waals surface area contributed by atoms with Crippen LogP contribution in [0.25, 0.3) is 11.0 Å². The standard InChI is InChI=1S/C16H23N3O/c1-4-19-15-6-5-13(20-3)10-14(15)18-16(19)12-7-8-17-11(2)9-12/h5-6,10-12,17H,4,7-9H2,1-3H3. The second-order valence-corrected chi connectivity index (χ2v) is 5.65. The quantitative estimate of drug-likeness (QED) is 0.934. The van der Waals surface area contributed by atoms with E-state index >= 15 is 0 Å². The maximum atomic E-state index is 5.31. The van der Waals surface area contributed by atoms with E-state index in [1.54, 1.807) is 7.11 Å². The van der Waals surface area contributed by atoms with Crippen LogP contribution in [0.1, 0.15) is 38.4 Å². The van der Waals surface area contributed by atoms with Crippen LogP contribution in [-0.4, -0.2) is 29.2 Å². The first-order chi connectivity index (χ1) is 9.72. The average Bonchev–Trinajstić information content (AvgIpc) is 2.84. The van der Waals surface area contributed by atoms with Crippen LogP contribution in [0.15, 0.2) is 18.2 Å². The molecule has 1 aromatic heterocycles. The van der Waals surface area contributed by atoms with Gasteiger partial charge < -0.3 is 14.6 Å². The maximum Gasteiger partial charge on any atom is 0.121 e. The Morgan fingerprint density at radius 3 is 3.00 bits per heavy atom. The fraction of sp³-hybridized carbons (Fsp3) is 0.562. The van der Waals surface area contributed by atoms with Gasteiger partial charge in [0.2, 0.25) is 0 Å². The number of hydrogen-bond acceptors (Lipinski definition) is 3. The summed E-state index contributed by atoms with van der Waals surface area (Å²) in [5, 5.41) is 3.51. The zero-order valence-corrected chi connectivity index (χ0v) is 12.5. The van der Waals surface area contributed by atoms with Crippen LogP contribution in [0.4, 0.5) is 0 Å². The number of piperidine rings is 1. The van der Waals surface area contributed by atoms with E-state index in [0.29, 0.717) is 12.0 Å². The molecule has 2 aromatic rings. The molecular formula is C16H23N3O. The molecule has 20 heavy (non-hydrogen) atoms. The molecule has 108 valence electrons. The predicted octanol–water partition coefficient (Wildman–Crippen LogP) is 2.92. The van der Waals surface area contributed by atoms with Crippen molar-refractivity contribution in [3.63, 3.8) is 0 Å². The highest BCUT2D eigenvalue weighted by atomic mass is 16.5. The van der Waals surface area contributed by atoms with Crippen molar-refractivity contribution < 1.29 is 4.74 Å². The molecule has 0 aliphatic carbocycles. The van der Waals surface area contributed by atoms with E-state index < -0.39 is 0 Å². The van der Waals surface area contributed by atoms with Gasteiger partial charge in [-0.15, -0.1) is 0 Å². The lowest BCUT2D eigenvalue weighted by Crippen LogP contribution is -2.35. The molecule has 0 spiro atoms. The summed E-state index contributed by atoms with van der Waals surface area (Å²) in [5.41, 5.74) is 2.27. The summed E-state index contributed by atoms with van der Waals surface area (Å²) in [6.45, 7) is 6.51. The van der Waals surface area contributed by atoms with Gasteiger partial charge in [0.25, 0.3) is 0 Å². The lowest BCUT2D eigenvalue weighted by molar-refractivity contribution is 0.365. The van der Waals surface area contributed by atoms with Gasteiger partial charge in [0.15, 0.2) is 0 Å². The molecule has 2 atom stereocenters. The number of nitrogens with zero attached hydrogens (tertiary/aromatic N) is 2. The summed E-state index contributed by atoms with van der Waals surface area (Å²) in [6.07, 6.45) is 2.34. The van der Waals surface area contributed by atoms with E-state index in [0.717, 1.165) is 24.4 Å². The molecule has 1 aromatic carbocycles. The number of imidazole rings is 1. The molecule has 0 amide bonds. The zero-order chi connectivity index (χ0) is 14.1. The third-order valence-electron chi connectivity index (χ3n) is 4.29. The fourth-order valence-corrected chi connectivity index (χ4v) is 3.27. The smallest absolute Gasteiger partial charge is 0.121 e. The molecule has 2 heterocycles. The second kappa shape index (κ2) is 5.44. The van der Waals surface area contributed by atoms with Gasteiger partial charge in [-0.05, 0) is 45.4 Å². The number of hydrogen-bond donors (Lipinski definition) is 1. The van der Waals surface area contributed by atoms with Crippen molar-refractivity contribution in [1.29, 1.82) is 0 Å². The SMILES string of the molecule is CCn1c(C2CCNC(C)C2)nc2cc(OC)ccc21. The topological polar surface area (TPSA) is 39.1 Å². The second-order valence-electron chi connectivity index (χ2n) is 5.65. The maximum absolute atomic E-state index is 5.31. The van der Waals surface area contributed by atoms with Gasteiger partial charge in [0.1, 0.15) is 11.6 Å². The van der Waals surface area contributed by atoms with Crippen LogP contribution in [-0.2, 0) is 6.54 Å². The van der Waals surface area contributed by atoms with Crippen LogP contribution in [0.3, 0.4) is 0 Å². The minimum atomic E-state index is 0.560. The van der Waals surface area contributed by atoms with Crippen LogP contribution < -0.4 is 10.1 Å². The van der Waals surface area contributed by atoms with E-state index in [1.807, 2.05) is 12.1 Å². The molecule has 1 aliphatic rings. The normalized spacial score (nSPS) is 23.1. The fourth-order valence-electron chi connectivity index (χ4n) is 3.27. The average molecular weight is 273 g/mol. The van der Waals surface area contributed by atoms with Gasteiger partial charge in [-0.25, -0.2) is 4.98 Å². The monoisotopic (exact) mass is 273 g/mol. The first-order valence-electron chi connectivity index (χ1n) is 7.50. The van der Waals surface area contributed by atoms with Crippen molar-refractivity contribution in [1.82, 2.24) is 14.9 Å². The highest BCUT2D eigenvalue weighted by Gasteiger charge is 2.24. The van der Waals surface area contributed by atoms with Crippen LogP contribution in [0, 0.1) is 0 Å². The van der Waals surface area contributed by atoms with Gasteiger partial charge in [-0.2, -0.15) is 0 Å². The molecule has 1 saturated heterocycles. The van der Waals surface area contributed by atoms with E-state index in [1.165, 1.54) is 24.2 Å². The highest BCUT2D eigenvalue weighted by molar-refractivity contribution is 5.78. The minimum Gasteiger partial charge on any atom is -0.497 e. The van der Waals surface area contributed by atoms with Gasteiger partial charge in [-0.1, -0.05) is 0 Å². The number of rotatable bonds is 3. The molecule has 4 heteroatoms. The molecule has 3 rings (SSSR count). The molecule has 1 aliphatic heterocycles. The Morgan fingerprint density at radius 2 is 2.30 bits per heavy atom.